The molecule has 11 nitrogen and oxygen atoms in total. The van der Waals surface area contributed by atoms with Crippen molar-refractivity contribution in [1.82, 2.24) is 24.1 Å². The van der Waals surface area contributed by atoms with E-state index in [-0.39, 0.29) is 6.61 Å². The number of carbonyl (C=O) groups excluding carboxylic acids is 2. The molecule has 1 aliphatic heterocycles. The number of likely N-dealkylation sites (N-methyl/N-ethyl adjacent to an activating group) is 1. The summed E-state index contributed by atoms with van der Waals surface area (Å²) in [6.45, 7) is 8.35. The van der Waals surface area contributed by atoms with Gasteiger partial charge < -0.3 is 29.2 Å². The predicted molar refractivity (Wildman–Crippen MR) is 224 cm³/mol. The zero-order valence-corrected chi connectivity index (χ0v) is 33.1. The second-order valence-corrected chi connectivity index (χ2v) is 13.6. The van der Waals surface area contributed by atoms with Crippen LogP contribution in [-0.4, -0.2) is 115 Å². The van der Waals surface area contributed by atoms with Crippen LogP contribution >= 0.6 is 0 Å². The summed E-state index contributed by atoms with van der Waals surface area (Å²) in [7, 11) is 12.0. The maximum atomic E-state index is 13.1. The fraction of sp³-hybridized carbons (Fsp3) is 0.341. The molecule has 1 saturated heterocycles. The topological polar surface area (TPSA) is 122 Å². The molecular formula is C44H52BN5O6. The predicted octanol–water partition coefficient (Wildman–Crippen LogP) is 4.98. The minimum Gasteiger partial charge on any atom is -0.493 e. The standard InChI is InChI=1S/C42H44BN5O4.2CH4O/c1-29-41(38(44-46(29)3)28-52-32-16-17-37(43)31(25-32)26-49)36-13-7-12-35-34(14-8-24-51-40-15-6-10-30-9-4-5-11-33(30)40)39(27-50)48(42(35)36)23-22-47-20-18-45(2)19-21-47;2*1-2/h4-7,9-13,15-17,25-27H,8,14,18-24,28H2,1-3H3;2*2H,1H3. The summed E-state index contributed by atoms with van der Waals surface area (Å²) in [4.78, 5) is 29.5. The van der Waals surface area contributed by atoms with E-state index in [0.717, 1.165) is 121 Å². The molecule has 1 aliphatic rings. The molecular weight excluding hydrogens is 705 g/mol. The molecule has 1 fully saturated rings. The summed E-state index contributed by atoms with van der Waals surface area (Å²) in [6.07, 6.45) is 3.20. The summed E-state index contributed by atoms with van der Waals surface area (Å²) >= 11 is 0. The van der Waals surface area contributed by atoms with Crippen LogP contribution in [0.15, 0.2) is 78.9 Å². The van der Waals surface area contributed by atoms with Crippen molar-refractivity contribution in [2.24, 2.45) is 7.05 Å². The largest absolute Gasteiger partial charge is 0.493 e. The zero-order valence-electron chi connectivity index (χ0n) is 33.1. The number of fused-ring (bicyclic) bond motifs is 2. The van der Waals surface area contributed by atoms with Crippen molar-refractivity contribution >= 4 is 47.6 Å². The molecule has 6 aromatic rings. The molecule has 2 N–H and O–H groups in total. The number of para-hydroxylation sites is 1. The highest BCUT2D eigenvalue weighted by atomic mass is 16.5. The molecule has 12 heteroatoms. The summed E-state index contributed by atoms with van der Waals surface area (Å²) in [6, 6.07) is 25.8. The van der Waals surface area contributed by atoms with Crippen molar-refractivity contribution < 1.29 is 29.3 Å². The van der Waals surface area contributed by atoms with Crippen LogP contribution in [0, 0.1) is 6.92 Å². The van der Waals surface area contributed by atoms with E-state index >= 15 is 0 Å². The number of carbonyl (C=O) groups is 2. The number of hydrogen-bond acceptors (Lipinski definition) is 9. The number of piperazine rings is 1. The van der Waals surface area contributed by atoms with Crippen LogP contribution in [0.3, 0.4) is 0 Å². The van der Waals surface area contributed by atoms with E-state index in [9.17, 15) is 9.59 Å². The fourth-order valence-electron chi connectivity index (χ4n) is 7.42. The average molecular weight is 758 g/mol. The molecule has 0 amide bonds. The van der Waals surface area contributed by atoms with Gasteiger partial charge in [0, 0.05) is 93.7 Å². The van der Waals surface area contributed by atoms with Gasteiger partial charge in [0.1, 0.15) is 37.9 Å². The smallest absolute Gasteiger partial charge is 0.166 e. The van der Waals surface area contributed by atoms with Gasteiger partial charge in [-0.2, -0.15) is 5.10 Å². The molecule has 0 aliphatic carbocycles. The quantitative estimate of drug-likeness (QED) is 0.0901. The third kappa shape index (κ3) is 9.22. The van der Waals surface area contributed by atoms with Gasteiger partial charge in [0.15, 0.2) is 6.29 Å². The zero-order chi connectivity index (χ0) is 40.2. The first-order valence-corrected chi connectivity index (χ1v) is 18.9. The Balaban J connectivity index is 0.00000145. The first-order chi connectivity index (χ1) is 27.4. The van der Waals surface area contributed by atoms with E-state index < -0.39 is 0 Å². The second-order valence-electron chi connectivity index (χ2n) is 13.6. The number of rotatable bonds is 14. The van der Waals surface area contributed by atoms with Crippen LogP contribution in [0.1, 0.15) is 44.2 Å². The first kappa shape index (κ1) is 41.9. The van der Waals surface area contributed by atoms with Crippen molar-refractivity contribution in [3.63, 3.8) is 0 Å². The van der Waals surface area contributed by atoms with Gasteiger partial charge in [-0.3, -0.25) is 19.2 Å². The minimum atomic E-state index is 0.191. The lowest BCUT2D eigenvalue weighted by molar-refractivity contribution is 0.110. The summed E-state index contributed by atoms with van der Waals surface area (Å²) < 4.78 is 16.6. The highest BCUT2D eigenvalue weighted by Crippen LogP contribution is 2.38. The van der Waals surface area contributed by atoms with Crippen molar-refractivity contribution in [3.8, 4) is 22.6 Å². The fourth-order valence-corrected chi connectivity index (χ4v) is 7.42. The van der Waals surface area contributed by atoms with Crippen LogP contribution in [0.2, 0.25) is 0 Å². The van der Waals surface area contributed by atoms with E-state index in [1.54, 1.807) is 18.2 Å². The average Bonchev–Trinajstić information content (AvgIpc) is 3.71. The Morgan fingerprint density at radius 3 is 2.29 bits per heavy atom. The maximum absolute atomic E-state index is 13.1. The molecule has 2 aromatic heterocycles. The van der Waals surface area contributed by atoms with Crippen molar-refractivity contribution in [1.29, 1.82) is 0 Å². The first-order valence-electron chi connectivity index (χ1n) is 18.9. The molecule has 0 bridgehead atoms. The summed E-state index contributed by atoms with van der Waals surface area (Å²) in [5.41, 5.74) is 7.29. The van der Waals surface area contributed by atoms with E-state index in [2.05, 4.69) is 64.7 Å². The Kier molecular flexibility index (Phi) is 15.0. The van der Waals surface area contributed by atoms with Crippen LogP contribution in [0.4, 0.5) is 0 Å². The lowest BCUT2D eigenvalue weighted by atomic mass is 9.91. The number of nitrogens with zero attached hydrogens (tertiary/aromatic N) is 5. The Labute approximate surface area is 330 Å². The number of aldehydes is 2. The van der Waals surface area contributed by atoms with Crippen molar-refractivity contribution in [2.75, 3.05) is 60.6 Å². The van der Waals surface area contributed by atoms with E-state index in [1.165, 1.54) is 0 Å². The van der Waals surface area contributed by atoms with Gasteiger partial charge in [0.25, 0.3) is 0 Å². The lowest BCUT2D eigenvalue weighted by Crippen LogP contribution is -2.45. The Hall–Kier alpha value is -5.27. The van der Waals surface area contributed by atoms with Crippen LogP contribution < -0.4 is 14.9 Å². The number of hydrogen-bond donors (Lipinski definition) is 2. The van der Waals surface area contributed by atoms with Gasteiger partial charge in [0.05, 0.1) is 17.8 Å². The summed E-state index contributed by atoms with van der Waals surface area (Å²) in [5, 5.41) is 22.2. The molecule has 0 atom stereocenters. The van der Waals surface area contributed by atoms with Crippen LogP contribution in [0.5, 0.6) is 11.5 Å². The highest BCUT2D eigenvalue weighted by molar-refractivity contribution is 6.35. The van der Waals surface area contributed by atoms with E-state index in [0.29, 0.717) is 42.0 Å². The Morgan fingerprint density at radius 2 is 1.54 bits per heavy atom. The Bertz CT molecular complexity index is 2240. The molecule has 4 aromatic carbocycles. The number of aromatic nitrogens is 3. The maximum Gasteiger partial charge on any atom is 0.166 e. The van der Waals surface area contributed by atoms with Crippen LogP contribution in [0.25, 0.3) is 32.8 Å². The van der Waals surface area contributed by atoms with Gasteiger partial charge >= 0.3 is 0 Å². The third-order valence-electron chi connectivity index (χ3n) is 10.4. The number of ether oxygens (including phenoxy) is 2. The monoisotopic (exact) mass is 757 g/mol. The molecule has 56 heavy (non-hydrogen) atoms. The summed E-state index contributed by atoms with van der Waals surface area (Å²) in [5.74, 6) is 1.41. The minimum absolute atomic E-state index is 0.191. The number of aliphatic hydroxyl groups excluding tert-OH is 2. The van der Waals surface area contributed by atoms with Gasteiger partial charge in [-0.15, -0.1) is 0 Å². The highest BCUT2D eigenvalue weighted by Gasteiger charge is 2.25. The molecule has 3 heterocycles. The molecule has 0 spiro atoms. The van der Waals surface area contributed by atoms with Crippen molar-refractivity contribution in [2.45, 2.75) is 32.9 Å². The molecule has 7 rings (SSSR count). The molecule has 0 unspecified atom stereocenters. The molecule has 0 saturated carbocycles. The van der Waals surface area contributed by atoms with Gasteiger partial charge in [-0.05, 0) is 56.0 Å². The number of benzene rings is 4. The van der Waals surface area contributed by atoms with Crippen molar-refractivity contribution in [3.05, 3.63) is 107 Å². The molecule has 2 radical (unpaired) electrons. The van der Waals surface area contributed by atoms with Gasteiger partial charge in [-0.25, -0.2) is 0 Å². The van der Waals surface area contributed by atoms with Gasteiger partial charge in [0.2, 0.25) is 0 Å². The lowest BCUT2D eigenvalue weighted by Gasteiger charge is -2.32. The normalized spacial score (nSPS) is 13.1. The van der Waals surface area contributed by atoms with Gasteiger partial charge in [-0.1, -0.05) is 66.1 Å². The third-order valence-corrected chi connectivity index (χ3v) is 10.4. The number of aryl methyl sites for hydroxylation is 2. The molecule has 292 valence electrons. The second kappa shape index (κ2) is 20.1. The van der Waals surface area contributed by atoms with E-state index in [1.807, 2.05) is 36.0 Å². The Morgan fingerprint density at radius 1 is 0.821 bits per heavy atom. The SMILES string of the molecule is CO.CO.[B]c1ccc(OCc2nn(C)c(C)c2-c2cccc3c(CCCOc4cccc5ccccc45)c(C=O)n(CCN4CCN(C)CC4)c23)cc1C=O. The van der Waals surface area contributed by atoms with Crippen LogP contribution in [-0.2, 0) is 26.6 Å². The van der Waals surface area contributed by atoms with E-state index in [4.69, 9.17) is 32.6 Å². The number of aliphatic hydroxyl groups is 2.